The van der Waals surface area contributed by atoms with Crippen molar-refractivity contribution in [2.45, 2.75) is 44.8 Å². The maximum absolute atomic E-state index is 13.0. The molecule has 2 fully saturated rings. The zero-order valence-corrected chi connectivity index (χ0v) is 17.6. The Morgan fingerprint density at radius 1 is 1.17 bits per heavy atom. The Morgan fingerprint density at radius 2 is 1.97 bits per heavy atom. The number of hydrogen-bond donors (Lipinski definition) is 1. The van der Waals surface area contributed by atoms with E-state index in [0.717, 1.165) is 50.3 Å². The van der Waals surface area contributed by atoms with Gasteiger partial charge in [0.2, 0.25) is 0 Å². The number of rotatable bonds is 5. The average Bonchev–Trinajstić information content (AvgIpc) is 2.72. The highest BCUT2D eigenvalue weighted by Gasteiger charge is 2.33. The quantitative estimate of drug-likeness (QED) is 0.831. The Balaban J connectivity index is 1.47. The second kappa shape index (κ2) is 8.96. The highest BCUT2D eigenvalue weighted by molar-refractivity contribution is 5.77. The van der Waals surface area contributed by atoms with Crippen molar-refractivity contribution < 1.29 is 9.52 Å². The maximum atomic E-state index is 13.0. The fourth-order valence-electron chi connectivity index (χ4n) is 4.93. The normalized spacial score (nSPS) is 23.1. The van der Waals surface area contributed by atoms with E-state index in [4.69, 9.17) is 4.42 Å². The van der Waals surface area contributed by atoms with Gasteiger partial charge in [-0.25, -0.2) is 0 Å². The summed E-state index contributed by atoms with van der Waals surface area (Å²) in [5, 5.41) is 10.3. The number of aliphatic hydroxyl groups is 1. The molecule has 2 aromatic rings. The SMILES string of the molecule is Cc1ccc2occ(CN3CCN(C4CCN(C)CC4)[C@@H](CCO)C3)c(=O)c2c1. The second-order valence-corrected chi connectivity index (χ2v) is 8.76. The summed E-state index contributed by atoms with van der Waals surface area (Å²) < 4.78 is 5.74. The molecule has 0 aliphatic carbocycles. The molecule has 1 aromatic heterocycles. The largest absolute Gasteiger partial charge is 0.464 e. The van der Waals surface area contributed by atoms with Crippen LogP contribution < -0.4 is 5.43 Å². The summed E-state index contributed by atoms with van der Waals surface area (Å²) in [4.78, 5) is 20.3. The molecule has 4 rings (SSSR count). The molecule has 6 nitrogen and oxygen atoms in total. The van der Waals surface area contributed by atoms with Crippen LogP contribution in [-0.2, 0) is 6.54 Å². The molecule has 1 atom stereocenters. The molecule has 0 saturated carbocycles. The van der Waals surface area contributed by atoms with Crippen LogP contribution in [0.15, 0.2) is 33.7 Å². The van der Waals surface area contributed by atoms with E-state index in [1.807, 2.05) is 25.1 Å². The van der Waals surface area contributed by atoms with E-state index in [9.17, 15) is 9.90 Å². The minimum atomic E-state index is 0.0754. The standard InChI is InChI=1S/C23H33N3O3/c1-17-3-4-22-21(13-17)23(28)18(16-29-22)14-25-10-11-26(20(15-25)7-12-27)19-5-8-24(2)9-6-19/h3-4,13,16,19-20,27H,5-12,14-15H2,1-2H3/t20-/m0/s1. The van der Waals surface area contributed by atoms with Crippen LogP contribution >= 0.6 is 0 Å². The van der Waals surface area contributed by atoms with Crippen LogP contribution in [0.2, 0.25) is 0 Å². The van der Waals surface area contributed by atoms with Gasteiger partial charge in [-0.3, -0.25) is 14.6 Å². The molecule has 2 aliphatic rings. The van der Waals surface area contributed by atoms with E-state index in [-0.39, 0.29) is 12.0 Å². The number of aryl methyl sites for hydroxylation is 1. The van der Waals surface area contributed by atoms with Crippen molar-refractivity contribution in [3.8, 4) is 0 Å². The van der Waals surface area contributed by atoms with E-state index >= 15 is 0 Å². The topological polar surface area (TPSA) is 60.2 Å². The Bertz CT molecular complexity index is 889. The Kier molecular flexibility index (Phi) is 6.35. The van der Waals surface area contributed by atoms with E-state index in [1.54, 1.807) is 6.26 Å². The lowest BCUT2D eigenvalue weighted by Gasteiger charge is -2.47. The van der Waals surface area contributed by atoms with E-state index in [0.29, 0.717) is 29.6 Å². The van der Waals surface area contributed by atoms with Gasteiger partial charge in [-0.05, 0) is 58.5 Å². The van der Waals surface area contributed by atoms with Crippen LogP contribution in [-0.4, -0.2) is 78.3 Å². The Labute approximate surface area is 172 Å². The van der Waals surface area contributed by atoms with Gasteiger partial charge in [0.05, 0.1) is 11.6 Å². The molecule has 1 N–H and O–H groups in total. The zero-order chi connectivity index (χ0) is 20.4. The molecular formula is C23H33N3O3. The number of benzene rings is 1. The molecule has 0 spiro atoms. The first-order valence-electron chi connectivity index (χ1n) is 10.8. The number of piperazine rings is 1. The van der Waals surface area contributed by atoms with Gasteiger partial charge in [0.25, 0.3) is 0 Å². The first kappa shape index (κ1) is 20.5. The molecule has 29 heavy (non-hydrogen) atoms. The van der Waals surface area contributed by atoms with Gasteiger partial charge in [0.15, 0.2) is 5.43 Å². The molecule has 2 aliphatic heterocycles. The molecule has 3 heterocycles. The lowest BCUT2D eigenvalue weighted by Crippen LogP contribution is -2.58. The number of likely N-dealkylation sites (tertiary alicyclic amines) is 1. The molecule has 1 aromatic carbocycles. The van der Waals surface area contributed by atoms with Gasteiger partial charge in [-0.15, -0.1) is 0 Å². The van der Waals surface area contributed by atoms with Crippen molar-refractivity contribution in [3.05, 3.63) is 45.8 Å². The third-order valence-corrected chi connectivity index (χ3v) is 6.63. The van der Waals surface area contributed by atoms with E-state index in [2.05, 4.69) is 21.7 Å². The van der Waals surface area contributed by atoms with Crippen molar-refractivity contribution in [1.82, 2.24) is 14.7 Å². The van der Waals surface area contributed by atoms with Gasteiger partial charge < -0.3 is 14.4 Å². The van der Waals surface area contributed by atoms with Gasteiger partial charge in [-0.2, -0.15) is 0 Å². The van der Waals surface area contributed by atoms with Crippen molar-refractivity contribution in [1.29, 1.82) is 0 Å². The predicted octanol–water partition coefficient (Wildman–Crippen LogP) is 2.06. The van der Waals surface area contributed by atoms with Crippen LogP contribution in [0.5, 0.6) is 0 Å². The number of aliphatic hydroxyl groups excluding tert-OH is 1. The van der Waals surface area contributed by atoms with Crippen molar-refractivity contribution >= 4 is 11.0 Å². The van der Waals surface area contributed by atoms with Crippen molar-refractivity contribution in [2.24, 2.45) is 0 Å². The highest BCUT2D eigenvalue weighted by Crippen LogP contribution is 2.24. The Morgan fingerprint density at radius 3 is 2.72 bits per heavy atom. The summed E-state index contributed by atoms with van der Waals surface area (Å²) in [6, 6.07) is 6.70. The zero-order valence-electron chi connectivity index (χ0n) is 17.6. The molecule has 0 unspecified atom stereocenters. The van der Waals surface area contributed by atoms with Crippen LogP contribution in [0.3, 0.4) is 0 Å². The van der Waals surface area contributed by atoms with Crippen molar-refractivity contribution in [2.75, 3.05) is 46.4 Å². The lowest BCUT2D eigenvalue weighted by molar-refractivity contribution is 0.00580. The fraction of sp³-hybridized carbons (Fsp3) is 0.609. The number of nitrogens with zero attached hydrogens (tertiary/aromatic N) is 3. The molecule has 2 saturated heterocycles. The highest BCUT2D eigenvalue weighted by atomic mass is 16.3. The van der Waals surface area contributed by atoms with E-state index < -0.39 is 0 Å². The summed E-state index contributed by atoms with van der Waals surface area (Å²) in [5.74, 6) is 0. The molecule has 6 heteroatoms. The summed E-state index contributed by atoms with van der Waals surface area (Å²) in [6.07, 6.45) is 4.82. The van der Waals surface area contributed by atoms with Crippen LogP contribution in [0.4, 0.5) is 0 Å². The van der Waals surface area contributed by atoms with Crippen LogP contribution in [0, 0.1) is 6.92 Å². The second-order valence-electron chi connectivity index (χ2n) is 8.76. The summed E-state index contributed by atoms with van der Waals surface area (Å²) in [6.45, 7) is 7.93. The number of hydrogen-bond acceptors (Lipinski definition) is 6. The first-order chi connectivity index (χ1) is 14.0. The molecule has 158 valence electrons. The summed E-state index contributed by atoms with van der Waals surface area (Å²) in [5.41, 5.74) is 2.51. The number of piperidine rings is 1. The van der Waals surface area contributed by atoms with Crippen molar-refractivity contribution in [3.63, 3.8) is 0 Å². The number of fused-ring (bicyclic) bond motifs is 1. The predicted molar refractivity (Wildman–Crippen MR) is 115 cm³/mol. The van der Waals surface area contributed by atoms with E-state index in [1.165, 1.54) is 12.8 Å². The lowest BCUT2D eigenvalue weighted by atomic mass is 9.98. The van der Waals surface area contributed by atoms with Gasteiger partial charge in [-0.1, -0.05) is 11.6 Å². The Hall–Kier alpha value is -1.73. The smallest absolute Gasteiger partial charge is 0.197 e. The average molecular weight is 400 g/mol. The molecule has 0 radical (unpaired) electrons. The third-order valence-electron chi connectivity index (χ3n) is 6.63. The first-order valence-corrected chi connectivity index (χ1v) is 10.8. The minimum Gasteiger partial charge on any atom is -0.464 e. The van der Waals surface area contributed by atoms with Crippen LogP contribution in [0.25, 0.3) is 11.0 Å². The summed E-state index contributed by atoms with van der Waals surface area (Å²) >= 11 is 0. The van der Waals surface area contributed by atoms with Gasteiger partial charge >= 0.3 is 0 Å². The molecule has 0 amide bonds. The fourth-order valence-corrected chi connectivity index (χ4v) is 4.93. The third kappa shape index (κ3) is 4.56. The minimum absolute atomic E-state index is 0.0754. The van der Waals surface area contributed by atoms with Gasteiger partial charge in [0, 0.05) is 50.4 Å². The molecular weight excluding hydrogens is 366 g/mol. The van der Waals surface area contributed by atoms with Crippen LogP contribution in [0.1, 0.15) is 30.4 Å². The van der Waals surface area contributed by atoms with Gasteiger partial charge in [0.1, 0.15) is 5.58 Å². The monoisotopic (exact) mass is 399 g/mol. The maximum Gasteiger partial charge on any atom is 0.197 e. The summed E-state index contributed by atoms with van der Waals surface area (Å²) in [7, 11) is 2.19. The molecule has 0 bridgehead atoms.